The molecule has 3 nitrogen and oxygen atoms in total. The predicted molar refractivity (Wildman–Crippen MR) is 80.5 cm³/mol. The van der Waals surface area contributed by atoms with Crippen LogP contribution in [0, 0.1) is 18.8 Å². The second kappa shape index (κ2) is 7.88. The summed E-state index contributed by atoms with van der Waals surface area (Å²) in [6.45, 7) is 4.42. The molecular formula is C15H19NO2S. The molecule has 2 N–H and O–H groups in total. The van der Waals surface area contributed by atoms with Gasteiger partial charge in [-0.15, -0.1) is 0 Å². The fourth-order valence-electron chi connectivity index (χ4n) is 1.51. The lowest BCUT2D eigenvalue weighted by Crippen LogP contribution is -2.29. The average Bonchev–Trinajstić information content (AvgIpc) is 2.42. The van der Waals surface area contributed by atoms with Gasteiger partial charge < -0.3 is 10.4 Å². The Balaban J connectivity index is 2.89. The number of hydrogen-bond donors (Lipinski definition) is 2. The third-order valence-electron chi connectivity index (χ3n) is 2.67. The van der Waals surface area contributed by atoms with Gasteiger partial charge in [0.2, 0.25) is 0 Å². The van der Waals surface area contributed by atoms with E-state index in [1.807, 2.05) is 25.3 Å². The Morgan fingerprint density at radius 1 is 1.53 bits per heavy atom. The molecule has 0 aliphatic heterocycles. The van der Waals surface area contributed by atoms with Crippen LogP contribution in [-0.2, 0) is 0 Å². The van der Waals surface area contributed by atoms with Gasteiger partial charge in [-0.1, -0.05) is 24.8 Å². The highest BCUT2D eigenvalue weighted by molar-refractivity contribution is 7.99. The number of hydrogen-bond acceptors (Lipinski definition) is 3. The number of aliphatic hydroxyl groups excluding tert-OH is 1. The molecule has 0 spiro atoms. The third kappa shape index (κ3) is 4.98. The maximum Gasteiger partial charge on any atom is 0.252 e. The Hall–Kier alpha value is -1.44. The van der Waals surface area contributed by atoms with Gasteiger partial charge in [-0.25, -0.2) is 0 Å². The maximum atomic E-state index is 12.1. The normalized spacial score (nSPS) is 11.4. The van der Waals surface area contributed by atoms with Crippen molar-refractivity contribution in [2.75, 3.05) is 19.4 Å². The van der Waals surface area contributed by atoms with Gasteiger partial charge >= 0.3 is 0 Å². The van der Waals surface area contributed by atoms with Gasteiger partial charge in [0.05, 0.1) is 5.56 Å². The van der Waals surface area contributed by atoms with Crippen molar-refractivity contribution >= 4 is 17.7 Å². The number of rotatable bonds is 4. The van der Waals surface area contributed by atoms with Crippen molar-refractivity contribution in [3.8, 4) is 11.8 Å². The number of thioether (sulfide) groups is 1. The molecule has 0 saturated heterocycles. The zero-order valence-electron chi connectivity index (χ0n) is 11.5. The van der Waals surface area contributed by atoms with Gasteiger partial charge in [0.1, 0.15) is 6.61 Å². The van der Waals surface area contributed by atoms with Gasteiger partial charge in [0, 0.05) is 17.4 Å². The van der Waals surface area contributed by atoms with Crippen molar-refractivity contribution in [1.82, 2.24) is 5.32 Å². The lowest BCUT2D eigenvalue weighted by Gasteiger charge is -2.11. The van der Waals surface area contributed by atoms with Gasteiger partial charge in [0.25, 0.3) is 5.91 Å². The molecular weight excluding hydrogens is 258 g/mol. The molecule has 102 valence electrons. The largest absolute Gasteiger partial charge is 0.384 e. The van der Waals surface area contributed by atoms with E-state index < -0.39 is 0 Å². The molecule has 1 amide bonds. The number of carbonyl (C=O) groups excluding carboxylic acids is 1. The molecule has 0 fully saturated rings. The van der Waals surface area contributed by atoms with E-state index in [1.165, 1.54) is 0 Å². The molecule has 1 unspecified atom stereocenters. The quantitative estimate of drug-likeness (QED) is 0.825. The smallest absolute Gasteiger partial charge is 0.252 e. The number of nitrogens with one attached hydrogen (secondary N) is 1. The molecule has 1 atom stereocenters. The second-order valence-electron chi connectivity index (χ2n) is 4.27. The fourth-order valence-corrected chi connectivity index (χ4v) is 1.76. The van der Waals surface area contributed by atoms with Crippen molar-refractivity contribution in [3.63, 3.8) is 0 Å². The van der Waals surface area contributed by atoms with E-state index in [2.05, 4.69) is 24.1 Å². The van der Waals surface area contributed by atoms with Crippen LogP contribution in [0.15, 0.2) is 18.2 Å². The van der Waals surface area contributed by atoms with Crippen LogP contribution < -0.4 is 5.32 Å². The topological polar surface area (TPSA) is 49.3 Å². The van der Waals surface area contributed by atoms with E-state index in [-0.39, 0.29) is 12.5 Å². The number of benzene rings is 1. The summed E-state index contributed by atoms with van der Waals surface area (Å²) in [5.74, 6) is 5.28. The van der Waals surface area contributed by atoms with Crippen LogP contribution in [0.25, 0.3) is 0 Å². The average molecular weight is 277 g/mol. The Morgan fingerprint density at radius 3 is 2.89 bits per heavy atom. The number of aryl methyl sites for hydroxylation is 1. The molecule has 19 heavy (non-hydrogen) atoms. The molecule has 0 aliphatic carbocycles. The first-order valence-electron chi connectivity index (χ1n) is 6.10. The van der Waals surface area contributed by atoms with Crippen molar-refractivity contribution in [2.45, 2.75) is 19.1 Å². The highest BCUT2D eigenvalue weighted by Gasteiger charge is 2.11. The lowest BCUT2D eigenvalue weighted by atomic mass is 10.0. The Kier molecular flexibility index (Phi) is 6.48. The van der Waals surface area contributed by atoms with E-state index in [9.17, 15) is 4.79 Å². The fraction of sp³-hybridized carbons (Fsp3) is 0.400. The summed E-state index contributed by atoms with van der Waals surface area (Å²) in [6.07, 6.45) is 2.01. The van der Waals surface area contributed by atoms with E-state index >= 15 is 0 Å². The number of aliphatic hydroxyl groups is 1. The van der Waals surface area contributed by atoms with Crippen molar-refractivity contribution in [2.24, 2.45) is 0 Å². The summed E-state index contributed by atoms with van der Waals surface area (Å²) >= 11 is 1.71. The van der Waals surface area contributed by atoms with E-state index in [1.54, 1.807) is 17.8 Å². The number of amides is 1. The Bertz CT molecular complexity index is 503. The molecule has 0 saturated carbocycles. The molecule has 1 rings (SSSR count). The minimum Gasteiger partial charge on any atom is -0.384 e. The summed E-state index contributed by atoms with van der Waals surface area (Å²) in [5.41, 5.74) is 2.25. The molecule has 4 heteroatoms. The van der Waals surface area contributed by atoms with Crippen LogP contribution >= 0.6 is 11.8 Å². The van der Waals surface area contributed by atoms with Crippen molar-refractivity contribution < 1.29 is 9.90 Å². The summed E-state index contributed by atoms with van der Waals surface area (Å²) in [4.78, 5) is 12.1. The summed E-state index contributed by atoms with van der Waals surface area (Å²) in [7, 11) is 0. The zero-order valence-corrected chi connectivity index (χ0v) is 12.3. The van der Waals surface area contributed by atoms with Crippen LogP contribution in [0.5, 0.6) is 0 Å². The SMILES string of the molecule is CSC(C)CNC(=O)c1ccc(C)cc1C#CCO. The molecule has 0 radical (unpaired) electrons. The monoisotopic (exact) mass is 277 g/mol. The van der Waals surface area contributed by atoms with Gasteiger partial charge in [0.15, 0.2) is 0 Å². The van der Waals surface area contributed by atoms with Gasteiger partial charge in [-0.3, -0.25) is 4.79 Å². The summed E-state index contributed by atoms with van der Waals surface area (Å²) < 4.78 is 0. The van der Waals surface area contributed by atoms with Crippen LogP contribution in [0.4, 0.5) is 0 Å². The van der Waals surface area contributed by atoms with Crippen LogP contribution in [0.2, 0.25) is 0 Å². The van der Waals surface area contributed by atoms with Crippen LogP contribution in [-0.4, -0.2) is 35.7 Å². The van der Waals surface area contributed by atoms with E-state index in [4.69, 9.17) is 5.11 Å². The zero-order chi connectivity index (χ0) is 14.3. The summed E-state index contributed by atoms with van der Waals surface area (Å²) in [5, 5.41) is 12.0. The minimum atomic E-state index is -0.210. The first-order chi connectivity index (χ1) is 9.08. The molecule has 0 bridgehead atoms. The highest BCUT2D eigenvalue weighted by Crippen LogP contribution is 2.11. The Morgan fingerprint density at radius 2 is 2.26 bits per heavy atom. The second-order valence-corrected chi connectivity index (χ2v) is 5.54. The third-order valence-corrected chi connectivity index (χ3v) is 3.65. The van der Waals surface area contributed by atoms with E-state index in [0.29, 0.717) is 22.9 Å². The van der Waals surface area contributed by atoms with E-state index in [0.717, 1.165) is 5.56 Å². The number of carbonyl (C=O) groups is 1. The molecule has 0 heterocycles. The molecule has 1 aromatic carbocycles. The molecule has 1 aromatic rings. The lowest BCUT2D eigenvalue weighted by molar-refractivity contribution is 0.0954. The highest BCUT2D eigenvalue weighted by atomic mass is 32.2. The Labute approximate surface area is 118 Å². The molecule has 0 aliphatic rings. The first kappa shape index (κ1) is 15.6. The standard InChI is InChI=1S/C15H19NO2S/c1-11-6-7-14(13(9-11)5-4-8-17)15(18)16-10-12(2)19-3/h6-7,9,12,17H,8,10H2,1-3H3,(H,16,18). The first-order valence-corrected chi connectivity index (χ1v) is 7.38. The van der Waals surface area contributed by atoms with Crippen molar-refractivity contribution in [3.05, 3.63) is 34.9 Å². The molecule has 0 aromatic heterocycles. The summed E-state index contributed by atoms with van der Waals surface area (Å²) in [6, 6.07) is 5.52. The minimum absolute atomic E-state index is 0.122. The van der Waals surface area contributed by atoms with Crippen LogP contribution in [0.1, 0.15) is 28.4 Å². The van der Waals surface area contributed by atoms with Gasteiger partial charge in [-0.2, -0.15) is 11.8 Å². The van der Waals surface area contributed by atoms with Crippen LogP contribution in [0.3, 0.4) is 0 Å². The van der Waals surface area contributed by atoms with Gasteiger partial charge in [-0.05, 0) is 30.9 Å². The predicted octanol–water partition coefficient (Wildman–Crippen LogP) is 1.82. The maximum absolute atomic E-state index is 12.1. The van der Waals surface area contributed by atoms with Crippen molar-refractivity contribution in [1.29, 1.82) is 0 Å².